The average Bonchev–Trinajstić information content (AvgIpc) is 3.21. The van der Waals surface area contributed by atoms with Crippen LogP contribution in [0.15, 0.2) is 36.7 Å². The molecule has 0 unspecified atom stereocenters. The molecule has 126 valence electrons. The molecule has 2 aromatic heterocycles. The smallest absolute Gasteiger partial charge is 0.254 e. The SMILES string of the molecule is CCn1cc(C(=O)N[C@H](Cn2nnc3ccccc32)C(C)C)cn1. The van der Waals surface area contributed by atoms with Crippen LogP contribution in [0.3, 0.4) is 0 Å². The van der Waals surface area contributed by atoms with Gasteiger partial charge in [-0.1, -0.05) is 31.2 Å². The predicted molar refractivity (Wildman–Crippen MR) is 91.5 cm³/mol. The Morgan fingerprint density at radius 3 is 2.79 bits per heavy atom. The summed E-state index contributed by atoms with van der Waals surface area (Å²) >= 11 is 0. The molecular formula is C17H22N6O. The summed E-state index contributed by atoms with van der Waals surface area (Å²) < 4.78 is 3.58. The highest BCUT2D eigenvalue weighted by molar-refractivity contribution is 5.93. The van der Waals surface area contributed by atoms with Gasteiger partial charge in [-0.25, -0.2) is 4.68 Å². The molecule has 0 saturated heterocycles. The first-order chi connectivity index (χ1) is 11.6. The molecule has 1 aromatic carbocycles. The van der Waals surface area contributed by atoms with Crippen molar-refractivity contribution in [1.82, 2.24) is 30.1 Å². The summed E-state index contributed by atoms with van der Waals surface area (Å²) in [7, 11) is 0. The molecule has 24 heavy (non-hydrogen) atoms. The van der Waals surface area contributed by atoms with E-state index in [4.69, 9.17) is 0 Å². The number of fused-ring (bicyclic) bond motifs is 1. The largest absolute Gasteiger partial charge is 0.347 e. The van der Waals surface area contributed by atoms with Gasteiger partial charge in [0.1, 0.15) is 5.52 Å². The third-order valence-corrected chi connectivity index (χ3v) is 4.13. The number of carbonyl (C=O) groups excluding carboxylic acids is 1. The summed E-state index contributed by atoms with van der Waals surface area (Å²) in [4.78, 5) is 12.5. The van der Waals surface area contributed by atoms with E-state index in [1.165, 1.54) is 0 Å². The second-order valence-electron chi connectivity index (χ2n) is 6.17. The highest BCUT2D eigenvalue weighted by atomic mass is 16.1. The average molecular weight is 326 g/mol. The maximum absolute atomic E-state index is 12.5. The normalized spacial score (nSPS) is 12.7. The van der Waals surface area contributed by atoms with Crippen molar-refractivity contribution in [3.8, 4) is 0 Å². The molecule has 3 rings (SSSR count). The molecule has 0 saturated carbocycles. The van der Waals surface area contributed by atoms with Gasteiger partial charge in [-0.15, -0.1) is 5.10 Å². The Balaban J connectivity index is 1.76. The molecule has 0 aliphatic heterocycles. The molecule has 2 heterocycles. The van der Waals surface area contributed by atoms with E-state index in [1.807, 2.05) is 35.9 Å². The molecule has 3 aromatic rings. The van der Waals surface area contributed by atoms with Crippen LogP contribution in [0.4, 0.5) is 0 Å². The van der Waals surface area contributed by atoms with Crippen LogP contribution in [0, 0.1) is 5.92 Å². The molecule has 1 amide bonds. The summed E-state index contributed by atoms with van der Waals surface area (Å²) in [5, 5.41) is 15.6. The van der Waals surface area contributed by atoms with Gasteiger partial charge in [0.2, 0.25) is 0 Å². The first-order valence-corrected chi connectivity index (χ1v) is 8.20. The molecule has 0 spiro atoms. The molecule has 0 fully saturated rings. The predicted octanol–water partition coefficient (Wildman–Crippen LogP) is 2.10. The number of para-hydroxylation sites is 1. The van der Waals surface area contributed by atoms with Crippen LogP contribution in [-0.4, -0.2) is 36.7 Å². The topological polar surface area (TPSA) is 77.6 Å². The van der Waals surface area contributed by atoms with Crippen molar-refractivity contribution in [3.05, 3.63) is 42.2 Å². The molecule has 7 heteroatoms. The van der Waals surface area contributed by atoms with E-state index < -0.39 is 0 Å². The van der Waals surface area contributed by atoms with Crippen LogP contribution in [0.25, 0.3) is 11.0 Å². The van der Waals surface area contributed by atoms with Crippen molar-refractivity contribution < 1.29 is 4.79 Å². The monoisotopic (exact) mass is 326 g/mol. The molecular weight excluding hydrogens is 304 g/mol. The molecule has 7 nitrogen and oxygen atoms in total. The van der Waals surface area contributed by atoms with Crippen LogP contribution in [0.5, 0.6) is 0 Å². The number of nitrogens with zero attached hydrogens (tertiary/aromatic N) is 5. The molecule has 0 aliphatic carbocycles. The zero-order chi connectivity index (χ0) is 17.1. The van der Waals surface area contributed by atoms with E-state index in [1.54, 1.807) is 17.1 Å². The maximum Gasteiger partial charge on any atom is 0.254 e. The fourth-order valence-electron chi connectivity index (χ4n) is 2.57. The van der Waals surface area contributed by atoms with Crippen molar-refractivity contribution in [2.24, 2.45) is 5.92 Å². The van der Waals surface area contributed by atoms with E-state index >= 15 is 0 Å². The lowest BCUT2D eigenvalue weighted by atomic mass is 10.0. The lowest BCUT2D eigenvalue weighted by Gasteiger charge is -2.22. The number of hydrogen-bond donors (Lipinski definition) is 1. The zero-order valence-electron chi connectivity index (χ0n) is 14.2. The van der Waals surface area contributed by atoms with E-state index in [0.717, 1.165) is 17.6 Å². The Morgan fingerprint density at radius 2 is 2.08 bits per heavy atom. The maximum atomic E-state index is 12.5. The van der Waals surface area contributed by atoms with Gasteiger partial charge in [-0.3, -0.25) is 9.48 Å². The summed E-state index contributed by atoms with van der Waals surface area (Å²) in [6.45, 7) is 7.47. The minimum absolute atomic E-state index is 0.0485. The Labute approximate surface area is 140 Å². The van der Waals surface area contributed by atoms with Gasteiger partial charge in [0, 0.05) is 12.7 Å². The van der Waals surface area contributed by atoms with Crippen LogP contribution in [0.2, 0.25) is 0 Å². The number of aromatic nitrogens is 5. The van der Waals surface area contributed by atoms with E-state index in [9.17, 15) is 4.79 Å². The van der Waals surface area contributed by atoms with Crippen molar-refractivity contribution >= 4 is 16.9 Å². The van der Waals surface area contributed by atoms with Crippen molar-refractivity contribution in [2.75, 3.05) is 0 Å². The lowest BCUT2D eigenvalue weighted by molar-refractivity contribution is 0.0919. The van der Waals surface area contributed by atoms with E-state index in [-0.39, 0.29) is 17.9 Å². The van der Waals surface area contributed by atoms with Gasteiger partial charge in [-0.2, -0.15) is 5.10 Å². The van der Waals surface area contributed by atoms with Gasteiger partial charge in [-0.05, 0) is 25.0 Å². The highest BCUT2D eigenvalue weighted by Crippen LogP contribution is 2.13. The summed E-state index contributed by atoms with van der Waals surface area (Å²) in [5.41, 5.74) is 2.40. The first-order valence-electron chi connectivity index (χ1n) is 8.20. The van der Waals surface area contributed by atoms with Gasteiger partial charge in [0.15, 0.2) is 0 Å². The first kappa shape index (κ1) is 16.2. The second kappa shape index (κ2) is 6.82. The van der Waals surface area contributed by atoms with Crippen molar-refractivity contribution in [2.45, 2.75) is 39.9 Å². The zero-order valence-corrected chi connectivity index (χ0v) is 14.2. The number of benzene rings is 1. The van der Waals surface area contributed by atoms with Crippen LogP contribution < -0.4 is 5.32 Å². The van der Waals surface area contributed by atoms with Crippen molar-refractivity contribution in [1.29, 1.82) is 0 Å². The summed E-state index contributed by atoms with van der Waals surface area (Å²) in [6, 6.07) is 7.77. The Kier molecular flexibility index (Phi) is 4.59. The number of amides is 1. The lowest BCUT2D eigenvalue weighted by Crippen LogP contribution is -2.41. The van der Waals surface area contributed by atoms with Crippen LogP contribution in [0.1, 0.15) is 31.1 Å². The Hall–Kier alpha value is -2.70. The minimum atomic E-state index is -0.113. The number of carbonyl (C=O) groups is 1. The molecule has 0 bridgehead atoms. The van der Waals surface area contributed by atoms with E-state index in [0.29, 0.717) is 12.1 Å². The van der Waals surface area contributed by atoms with Gasteiger partial charge in [0.05, 0.1) is 29.9 Å². The highest BCUT2D eigenvalue weighted by Gasteiger charge is 2.20. The minimum Gasteiger partial charge on any atom is -0.347 e. The van der Waals surface area contributed by atoms with Gasteiger partial charge in [0.25, 0.3) is 5.91 Å². The fraction of sp³-hybridized carbons (Fsp3) is 0.412. The third-order valence-electron chi connectivity index (χ3n) is 4.13. The summed E-state index contributed by atoms with van der Waals surface area (Å²) in [5.74, 6) is 0.149. The van der Waals surface area contributed by atoms with Gasteiger partial charge < -0.3 is 5.32 Å². The van der Waals surface area contributed by atoms with E-state index in [2.05, 4.69) is 34.6 Å². The van der Waals surface area contributed by atoms with Crippen LogP contribution in [-0.2, 0) is 13.1 Å². The fourth-order valence-corrected chi connectivity index (χ4v) is 2.57. The second-order valence-corrected chi connectivity index (χ2v) is 6.17. The number of nitrogens with one attached hydrogen (secondary N) is 1. The molecule has 0 aliphatic rings. The standard InChI is InChI=1S/C17H22N6O/c1-4-22-10-13(9-18-22)17(24)19-15(12(2)3)11-23-16-8-6-5-7-14(16)20-21-23/h5-10,12,15H,4,11H2,1-3H3,(H,19,24)/t15-/m1/s1. The summed E-state index contributed by atoms with van der Waals surface area (Å²) in [6.07, 6.45) is 3.36. The Bertz CT molecular complexity index is 834. The number of hydrogen-bond acceptors (Lipinski definition) is 4. The number of rotatable bonds is 6. The molecule has 1 atom stereocenters. The Morgan fingerprint density at radius 1 is 1.29 bits per heavy atom. The van der Waals surface area contributed by atoms with Crippen molar-refractivity contribution in [3.63, 3.8) is 0 Å². The van der Waals surface area contributed by atoms with Crippen LogP contribution >= 0.6 is 0 Å². The molecule has 1 N–H and O–H groups in total. The van der Waals surface area contributed by atoms with Gasteiger partial charge >= 0.3 is 0 Å². The molecule has 0 radical (unpaired) electrons. The quantitative estimate of drug-likeness (QED) is 0.752. The third kappa shape index (κ3) is 3.29. The number of aryl methyl sites for hydroxylation is 1.